The average molecular weight is 384 g/mol. The van der Waals surface area contributed by atoms with Gasteiger partial charge in [0.15, 0.2) is 6.10 Å². The summed E-state index contributed by atoms with van der Waals surface area (Å²) in [6, 6.07) is 7.36. The molecule has 0 aliphatic rings. The average Bonchev–Trinajstić information content (AvgIpc) is 2.65. The highest BCUT2D eigenvalue weighted by molar-refractivity contribution is 6.03. The van der Waals surface area contributed by atoms with Crippen LogP contribution in [0.25, 0.3) is 0 Å². The molecule has 7 heteroatoms. The van der Waals surface area contributed by atoms with E-state index in [0.29, 0.717) is 5.75 Å². The number of carbonyl (C=O) groups excluding carboxylic acids is 1. The number of aryl methyl sites for hydroxylation is 1. The zero-order valence-corrected chi connectivity index (χ0v) is 16.7. The van der Waals surface area contributed by atoms with Crippen molar-refractivity contribution in [2.24, 2.45) is 0 Å². The highest BCUT2D eigenvalue weighted by Gasteiger charge is 2.28. The summed E-state index contributed by atoms with van der Waals surface area (Å²) < 4.78 is 11.7. The number of nitriles is 1. The summed E-state index contributed by atoms with van der Waals surface area (Å²) in [5, 5.41) is 20.0. The molecule has 0 bridgehead atoms. The Hall–Kier alpha value is -3.11. The normalized spacial score (nSPS) is 11.7. The largest absolute Gasteiger partial charge is 0.494 e. The van der Waals surface area contributed by atoms with Crippen LogP contribution in [0.3, 0.4) is 0 Å². The molecular formula is C21H24N2O5. The van der Waals surface area contributed by atoms with Crippen LogP contribution in [0.15, 0.2) is 23.0 Å². The summed E-state index contributed by atoms with van der Waals surface area (Å²) in [7, 11) is 1.45. The number of rotatable bonds is 7. The van der Waals surface area contributed by atoms with E-state index in [4.69, 9.17) is 9.47 Å². The fourth-order valence-corrected chi connectivity index (χ4v) is 2.93. The van der Waals surface area contributed by atoms with E-state index in [1.807, 2.05) is 32.0 Å². The van der Waals surface area contributed by atoms with Crippen LogP contribution in [0.5, 0.6) is 11.6 Å². The standard InChI is InChI=1S/C21H24N2O5/c1-12-7-6-8-17(13(12)2)28-15(4)19(24)18-14(3)16(11-22)20(25)23(21(18)26)9-10-27-5/h6-8,15,26H,9-10H2,1-5H3. The molecule has 0 amide bonds. The smallest absolute Gasteiger partial charge is 0.271 e. The maximum absolute atomic E-state index is 13.1. The molecule has 1 unspecified atom stereocenters. The summed E-state index contributed by atoms with van der Waals surface area (Å²) in [5.41, 5.74) is 1.14. The Morgan fingerprint density at radius 1 is 1.29 bits per heavy atom. The molecule has 0 fully saturated rings. The number of benzene rings is 1. The Balaban J connectivity index is 2.50. The van der Waals surface area contributed by atoms with E-state index in [1.165, 1.54) is 14.0 Å². The maximum Gasteiger partial charge on any atom is 0.271 e. The molecular weight excluding hydrogens is 360 g/mol. The van der Waals surface area contributed by atoms with Crippen molar-refractivity contribution in [1.82, 2.24) is 4.57 Å². The number of hydrogen-bond acceptors (Lipinski definition) is 6. The molecule has 0 radical (unpaired) electrons. The molecule has 28 heavy (non-hydrogen) atoms. The summed E-state index contributed by atoms with van der Waals surface area (Å²) in [6.45, 7) is 7.03. The lowest BCUT2D eigenvalue weighted by molar-refractivity contribution is 0.0811. The van der Waals surface area contributed by atoms with Crippen LogP contribution in [-0.4, -0.2) is 35.3 Å². The number of methoxy groups -OCH3 is 1. The molecule has 0 spiro atoms. The zero-order chi connectivity index (χ0) is 21.0. The number of Topliss-reactive ketones (excluding diaryl/α,β-unsaturated/α-hetero) is 1. The third-order valence-electron chi connectivity index (χ3n) is 4.79. The molecule has 0 saturated heterocycles. The minimum atomic E-state index is -0.926. The monoisotopic (exact) mass is 384 g/mol. The number of pyridine rings is 1. The van der Waals surface area contributed by atoms with Crippen LogP contribution in [0.2, 0.25) is 0 Å². The Morgan fingerprint density at radius 3 is 2.57 bits per heavy atom. The minimum Gasteiger partial charge on any atom is -0.494 e. The molecule has 148 valence electrons. The molecule has 2 aromatic rings. The Morgan fingerprint density at radius 2 is 1.96 bits per heavy atom. The van der Waals surface area contributed by atoms with Crippen LogP contribution in [0, 0.1) is 32.1 Å². The number of carbonyl (C=O) groups is 1. The second-order valence-corrected chi connectivity index (χ2v) is 6.58. The van der Waals surface area contributed by atoms with Crippen molar-refractivity contribution in [2.45, 2.75) is 40.3 Å². The van der Waals surface area contributed by atoms with Gasteiger partial charge in [0.25, 0.3) is 5.56 Å². The van der Waals surface area contributed by atoms with E-state index < -0.39 is 23.3 Å². The van der Waals surface area contributed by atoms with Gasteiger partial charge in [-0.25, -0.2) is 0 Å². The van der Waals surface area contributed by atoms with E-state index in [-0.39, 0.29) is 29.8 Å². The molecule has 1 aromatic heterocycles. The first-order valence-electron chi connectivity index (χ1n) is 8.87. The first-order valence-corrected chi connectivity index (χ1v) is 8.87. The second-order valence-electron chi connectivity index (χ2n) is 6.58. The molecule has 2 rings (SSSR count). The number of ketones is 1. The van der Waals surface area contributed by atoms with E-state index in [0.717, 1.165) is 15.7 Å². The Labute approximate surface area is 163 Å². The lowest BCUT2D eigenvalue weighted by Crippen LogP contribution is -2.31. The first-order chi connectivity index (χ1) is 13.2. The van der Waals surface area contributed by atoms with Gasteiger partial charge in [0.1, 0.15) is 17.4 Å². The number of hydrogen-bond donors (Lipinski definition) is 1. The number of nitrogens with zero attached hydrogens (tertiary/aromatic N) is 2. The van der Waals surface area contributed by atoms with Crippen LogP contribution in [0.1, 0.15) is 39.5 Å². The Kier molecular flexibility index (Phi) is 6.60. The Bertz CT molecular complexity index is 1000. The quantitative estimate of drug-likeness (QED) is 0.737. The fourth-order valence-electron chi connectivity index (χ4n) is 2.93. The van der Waals surface area contributed by atoms with Crippen LogP contribution >= 0.6 is 0 Å². The van der Waals surface area contributed by atoms with Gasteiger partial charge in [-0.2, -0.15) is 5.26 Å². The van der Waals surface area contributed by atoms with Crippen molar-refractivity contribution in [3.8, 4) is 17.7 Å². The second kappa shape index (κ2) is 8.72. The van der Waals surface area contributed by atoms with Crippen molar-refractivity contribution in [1.29, 1.82) is 5.26 Å². The molecule has 1 heterocycles. The molecule has 0 aliphatic heterocycles. The lowest BCUT2D eigenvalue weighted by Gasteiger charge is -2.20. The zero-order valence-electron chi connectivity index (χ0n) is 16.7. The highest BCUT2D eigenvalue weighted by Crippen LogP contribution is 2.26. The van der Waals surface area contributed by atoms with Crippen molar-refractivity contribution >= 4 is 5.78 Å². The van der Waals surface area contributed by atoms with Gasteiger partial charge in [0.05, 0.1) is 18.7 Å². The van der Waals surface area contributed by atoms with Crippen molar-refractivity contribution in [3.63, 3.8) is 0 Å². The van der Waals surface area contributed by atoms with Crippen LogP contribution in [-0.2, 0) is 11.3 Å². The van der Waals surface area contributed by atoms with Gasteiger partial charge < -0.3 is 14.6 Å². The van der Waals surface area contributed by atoms with Crippen molar-refractivity contribution in [3.05, 3.63) is 56.4 Å². The van der Waals surface area contributed by atoms with E-state index in [9.17, 15) is 20.0 Å². The predicted molar refractivity (Wildman–Crippen MR) is 104 cm³/mol. The topological polar surface area (TPSA) is 102 Å². The first kappa shape index (κ1) is 21.2. The summed E-state index contributed by atoms with van der Waals surface area (Å²) in [5.74, 6) is -0.440. The number of aromatic hydroxyl groups is 1. The van der Waals surface area contributed by atoms with Gasteiger partial charge in [0.2, 0.25) is 11.7 Å². The van der Waals surface area contributed by atoms with Gasteiger partial charge in [-0.15, -0.1) is 0 Å². The lowest BCUT2D eigenvalue weighted by atomic mass is 9.99. The highest BCUT2D eigenvalue weighted by atomic mass is 16.5. The molecule has 0 saturated carbocycles. The number of aromatic nitrogens is 1. The predicted octanol–water partition coefficient (Wildman–Crippen LogP) is 2.65. The van der Waals surface area contributed by atoms with Crippen molar-refractivity contribution in [2.75, 3.05) is 13.7 Å². The van der Waals surface area contributed by atoms with Crippen molar-refractivity contribution < 1.29 is 19.4 Å². The molecule has 0 aliphatic carbocycles. The minimum absolute atomic E-state index is 0.0165. The molecule has 1 aromatic carbocycles. The van der Waals surface area contributed by atoms with Gasteiger partial charge in [-0.05, 0) is 50.5 Å². The molecule has 1 atom stereocenters. The van der Waals surface area contributed by atoms with E-state index in [2.05, 4.69) is 0 Å². The van der Waals surface area contributed by atoms with E-state index in [1.54, 1.807) is 13.0 Å². The van der Waals surface area contributed by atoms with Gasteiger partial charge in [-0.3, -0.25) is 14.2 Å². The van der Waals surface area contributed by atoms with Gasteiger partial charge in [0, 0.05) is 7.11 Å². The maximum atomic E-state index is 13.1. The van der Waals surface area contributed by atoms with Gasteiger partial charge >= 0.3 is 0 Å². The summed E-state index contributed by atoms with van der Waals surface area (Å²) >= 11 is 0. The third kappa shape index (κ3) is 3.92. The summed E-state index contributed by atoms with van der Waals surface area (Å²) in [6.07, 6.45) is -0.926. The molecule has 1 N–H and O–H groups in total. The summed E-state index contributed by atoms with van der Waals surface area (Å²) in [4.78, 5) is 25.5. The fraction of sp³-hybridized carbons (Fsp3) is 0.381. The van der Waals surface area contributed by atoms with Gasteiger partial charge in [-0.1, -0.05) is 12.1 Å². The SMILES string of the molecule is COCCn1c(O)c(C(=O)C(C)Oc2cccc(C)c2C)c(C)c(C#N)c1=O. The van der Waals surface area contributed by atoms with E-state index >= 15 is 0 Å². The van der Waals surface area contributed by atoms with Crippen LogP contribution < -0.4 is 10.3 Å². The third-order valence-corrected chi connectivity index (χ3v) is 4.79. The van der Waals surface area contributed by atoms with Crippen LogP contribution in [0.4, 0.5) is 0 Å². The number of ether oxygens (including phenoxy) is 2. The molecule has 7 nitrogen and oxygen atoms in total.